The summed E-state index contributed by atoms with van der Waals surface area (Å²) >= 11 is 0. The van der Waals surface area contributed by atoms with E-state index < -0.39 is 0 Å². The maximum atomic E-state index is 14.2. The third-order valence-corrected chi connectivity index (χ3v) is 8.01. The lowest BCUT2D eigenvalue weighted by molar-refractivity contribution is 0.0938. The van der Waals surface area contributed by atoms with Crippen molar-refractivity contribution >= 4 is 17.7 Å². The normalized spacial score (nSPS) is 13.5. The van der Waals surface area contributed by atoms with E-state index in [0.717, 1.165) is 77.7 Å². The molecule has 0 radical (unpaired) electrons. The minimum atomic E-state index is -0.173. The smallest absolute Gasteiger partial charge is 0.252 e. The van der Waals surface area contributed by atoms with Gasteiger partial charge in [0.15, 0.2) is 0 Å². The molecule has 228 valence electrons. The molecule has 1 atom stereocenters. The molecular formula is C36H43N7O. The Kier molecular flexibility index (Phi) is 10.5. The summed E-state index contributed by atoms with van der Waals surface area (Å²) in [6, 6.07) is 26.0. The number of hydrogen-bond donors (Lipinski definition) is 3. The lowest BCUT2D eigenvalue weighted by atomic mass is 10.0. The first-order valence-electron chi connectivity index (χ1n) is 15.4. The summed E-state index contributed by atoms with van der Waals surface area (Å²) in [6.45, 7) is 5.14. The number of fused-ring (bicyclic) bond motifs is 1. The van der Waals surface area contributed by atoms with Crippen LogP contribution in [0.3, 0.4) is 0 Å². The van der Waals surface area contributed by atoms with Gasteiger partial charge in [-0.2, -0.15) is 0 Å². The average Bonchev–Trinajstić information content (AvgIpc) is 3.27. The van der Waals surface area contributed by atoms with Gasteiger partial charge in [0.05, 0.1) is 34.9 Å². The molecule has 0 saturated heterocycles. The molecular weight excluding hydrogens is 546 g/mol. The number of benzene rings is 2. The number of hydrazine groups is 1. The summed E-state index contributed by atoms with van der Waals surface area (Å²) in [7, 11) is 4.09. The zero-order valence-electron chi connectivity index (χ0n) is 26.0. The van der Waals surface area contributed by atoms with Crippen LogP contribution < -0.4 is 27.0 Å². The van der Waals surface area contributed by atoms with E-state index >= 15 is 0 Å². The Hall–Kier alpha value is -4.37. The van der Waals surface area contributed by atoms with E-state index in [1.165, 1.54) is 5.56 Å². The maximum Gasteiger partial charge on any atom is 0.252 e. The Morgan fingerprint density at radius 3 is 2.61 bits per heavy atom. The molecule has 5 rings (SSSR count). The van der Waals surface area contributed by atoms with E-state index in [2.05, 4.69) is 57.9 Å². The summed E-state index contributed by atoms with van der Waals surface area (Å²) < 4.78 is 0. The molecule has 1 aliphatic carbocycles. The number of likely N-dealkylation sites (N-methyl/N-ethyl adjacent to an activating group) is 2. The monoisotopic (exact) mass is 589 g/mol. The number of hydrogen-bond acceptors (Lipinski definition) is 7. The molecule has 0 aliphatic heterocycles. The Balaban J connectivity index is 1.60. The number of carbonyl (C=O) groups excluding carboxylic acids is 1. The third-order valence-electron chi connectivity index (χ3n) is 8.01. The first kappa shape index (κ1) is 31.1. The van der Waals surface area contributed by atoms with E-state index in [-0.39, 0.29) is 11.9 Å². The fraction of sp³-hybridized carbons (Fsp3) is 0.306. The van der Waals surface area contributed by atoms with E-state index in [9.17, 15) is 4.79 Å². The van der Waals surface area contributed by atoms with Crippen LogP contribution in [0.2, 0.25) is 0 Å². The van der Waals surface area contributed by atoms with Gasteiger partial charge in [0.25, 0.3) is 5.91 Å². The molecule has 8 nitrogen and oxygen atoms in total. The second kappa shape index (κ2) is 14.9. The van der Waals surface area contributed by atoms with Gasteiger partial charge in [-0.3, -0.25) is 9.78 Å². The molecule has 2 aromatic carbocycles. The van der Waals surface area contributed by atoms with Gasteiger partial charge in [-0.25, -0.2) is 10.8 Å². The van der Waals surface area contributed by atoms with Gasteiger partial charge in [0.2, 0.25) is 0 Å². The number of aromatic nitrogens is 2. The molecule has 1 amide bonds. The topological polar surface area (TPSA) is 99.4 Å². The number of nitrogens with zero attached hydrogens (tertiary/aromatic N) is 4. The van der Waals surface area contributed by atoms with Crippen LogP contribution in [0.1, 0.15) is 59.4 Å². The number of nitrogens with one attached hydrogen (secondary N) is 2. The van der Waals surface area contributed by atoms with Gasteiger partial charge < -0.3 is 20.5 Å². The Bertz CT molecular complexity index is 1670. The lowest BCUT2D eigenvalue weighted by Gasteiger charge is -2.23. The first-order chi connectivity index (χ1) is 21.4. The van der Waals surface area contributed by atoms with Gasteiger partial charge in [-0.1, -0.05) is 60.7 Å². The molecule has 2 heterocycles. The van der Waals surface area contributed by atoms with Gasteiger partial charge in [0.1, 0.15) is 0 Å². The van der Waals surface area contributed by atoms with Crippen molar-refractivity contribution in [3.05, 3.63) is 118 Å². The van der Waals surface area contributed by atoms with Crippen LogP contribution in [0.5, 0.6) is 0 Å². The highest BCUT2D eigenvalue weighted by atomic mass is 16.1. The Labute approximate surface area is 260 Å². The average molecular weight is 590 g/mol. The minimum absolute atomic E-state index is 0.150. The SMILES string of the molecule is CNCCN(C)Cc1cccc(-c2cc(C(=O)N[C@@H](C)c3ccccc3)c3c(n2)=CCCCC=3N(N)Cc2ccccn2)c1. The van der Waals surface area contributed by atoms with Crippen molar-refractivity contribution in [3.8, 4) is 11.3 Å². The predicted molar refractivity (Wildman–Crippen MR) is 177 cm³/mol. The van der Waals surface area contributed by atoms with E-state index in [0.29, 0.717) is 12.1 Å². The van der Waals surface area contributed by atoms with E-state index in [4.69, 9.17) is 10.8 Å². The Morgan fingerprint density at radius 1 is 1.02 bits per heavy atom. The second-order valence-corrected chi connectivity index (χ2v) is 11.5. The fourth-order valence-electron chi connectivity index (χ4n) is 5.65. The number of nitrogens with two attached hydrogens (primary N) is 1. The first-order valence-corrected chi connectivity index (χ1v) is 15.4. The van der Waals surface area contributed by atoms with Crippen molar-refractivity contribution in [2.24, 2.45) is 5.84 Å². The summed E-state index contributed by atoms with van der Waals surface area (Å²) in [5, 5.41) is 9.79. The van der Waals surface area contributed by atoms with Crippen molar-refractivity contribution < 1.29 is 4.79 Å². The second-order valence-electron chi connectivity index (χ2n) is 11.5. The molecule has 4 N–H and O–H groups in total. The maximum absolute atomic E-state index is 14.2. The van der Waals surface area contributed by atoms with Gasteiger partial charge in [-0.15, -0.1) is 0 Å². The van der Waals surface area contributed by atoms with Crippen molar-refractivity contribution in [1.29, 1.82) is 0 Å². The van der Waals surface area contributed by atoms with E-state index in [1.54, 1.807) is 11.2 Å². The molecule has 1 aliphatic rings. The highest BCUT2D eigenvalue weighted by Gasteiger charge is 2.21. The van der Waals surface area contributed by atoms with Crippen LogP contribution in [0.25, 0.3) is 23.0 Å². The molecule has 8 heteroatoms. The highest BCUT2D eigenvalue weighted by Crippen LogP contribution is 2.21. The van der Waals surface area contributed by atoms with E-state index in [1.807, 2.05) is 68.6 Å². The number of amides is 1. The van der Waals surface area contributed by atoms with Crippen molar-refractivity contribution in [2.45, 2.75) is 45.3 Å². The minimum Gasteiger partial charge on any atom is -0.345 e. The van der Waals surface area contributed by atoms with Crippen molar-refractivity contribution in [1.82, 2.24) is 30.5 Å². The zero-order chi connectivity index (χ0) is 30.9. The largest absolute Gasteiger partial charge is 0.345 e. The van der Waals surface area contributed by atoms with Gasteiger partial charge in [-0.05, 0) is 75.7 Å². The predicted octanol–water partition coefficient (Wildman–Crippen LogP) is 3.73. The molecule has 2 aromatic heterocycles. The summed E-state index contributed by atoms with van der Waals surface area (Å²) in [5.41, 5.74) is 6.33. The van der Waals surface area contributed by atoms with Crippen molar-refractivity contribution in [2.75, 3.05) is 27.2 Å². The molecule has 0 unspecified atom stereocenters. The van der Waals surface area contributed by atoms with Crippen LogP contribution in [-0.2, 0) is 13.1 Å². The van der Waals surface area contributed by atoms with Crippen molar-refractivity contribution in [3.63, 3.8) is 0 Å². The quantitative estimate of drug-likeness (QED) is 0.171. The number of pyridine rings is 2. The fourth-order valence-corrected chi connectivity index (χ4v) is 5.65. The Morgan fingerprint density at radius 2 is 1.84 bits per heavy atom. The standard InChI is InChI=1S/C36H43N7O/c1-26(28-13-5-4-6-14-28)40-36(44)31-23-33(29-15-11-12-27(22-29)24-42(3)21-20-38-2)41-32-17-7-8-18-34(35(31)32)43(37)25-30-16-9-10-19-39-30/h4-6,9-17,19,22-23,26,38H,7-8,18,20-21,24-25,37H2,1-3H3,(H,40,44)/t26-/m0/s1. The van der Waals surface area contributed by atoms with Crippen LogP contribution in [0, 0.1) is 0 Å². The molecule has 4 aromatic rings. The third kappa shape index (κ3) is 7.77. The van der Waals surface area contributed by atoms with Crippen LogP contribution in [0.15, 0.2) is 85.1 Å². The van der Waals surface area contributed by atoms with Gasteiger partial charge in [0, 0.05) is 42.3 Å². The summed E-state index contributed by atoms with van der Waals surface area (Å²) in [5.74, 6) is 6.60. The van der Waals surface area contributed by atoms with Crippen LogP contribution in [0.4, 0.5) is 0 Å². The van der Waals surface area contributed by atoms with Gasteiger partial charge >= 0.3 is 0 Å². The molecule has 0 fully saturated rings. The summed E-state index contributed by atoms with van der Waals surface area (Å²) in [4.78, 5) is 26.1. The zero-order valence-corrected chi connectivity index (χ0v) is 26.0. The molecule has 44 heavy (non-hydrogen) atoms. The molecule has 0 bridgehead atoms. The van der Waals surface area contributed by atoms with Crippen LogP contribution >= 0.6 is 0 Å². The highest BCUT2D eigenvalue weighted by molar-refractivity contribution is 5.96. The number of carbonyl (C=O) groups is 1. The molecule has 0 saturated carbocycles. The number of rotatable bonds is 12. The summed E-state index contributed by atoms with van der Waals surface area (Å²) in [6.07, 6.45) is 6.41. The van der Waals surface area contributed by atoms with Crippen LogP contribution in [-0.4, -0.2) is 53.0 Å². The lowest BCUT2D eigenvalue weighted by Crippen LogP contribution is -2.44. The molecule has 0 spiro atoms.